The molecule has 17 heavy (non-hydrogen) atoms. The van der Waals surface area contributed by atoms with E-state index >= 15 is 0 Å². The van der Waals surface area contributed by atoms with Gasteiger partial charge in [0.25, 0.3) is 0 Å². The van der Waals surface area contributed by atoms with Crippen LogP contribution >= 0.6 is 11.8 Å². The van der Waals surface area contributed by atoms with Gasteiger partial charge in [-0.15, -0.1) is 0 Å². The van der Waals surface area contributed by atoms with Gasteiger partial charge in [0, 0.05) is 23.9 Å². The first-order chi connectivity index (χ1) is 7.93. The summed E-state index contributed by atoms with van der Waals surface area (Å²) in [6, 6.07) is 0. The molecule has 0 saturated heterocycles. The number of carbonyl (C=O) groups is 1. The monoisotopic (exact) mass is 259 g/mol. The zero-order valence-corrected chi connectivity index (χ0v) is 10.6. The fourth-order valence-corrected chi connectivity index (χ4v) is 2.15. The van der Waals surface area contributed by atoms with Crippen molar-refractivity contribution in [2.24, 2.45) is 0 Å². The number of thioether (sulfide) groups is 1. The van der Waals surface area contributed by atoms with Crippen molar-refractivity contribution in [3.8, 4) is 0 Å². The number of hydrogen-bond donors (Lipinski definition) is 4. The fraction of sp³-hybridized carbons (Fsp3) is 0.600. The Morgan fingerprint density at radius 1 is 1.59 bits per heavy atom. The molecule has 0 aromatic carbocycles. The first-order valence-electron chi connectivity index (χ1n) is 5.23. The van der Waals surface area contributed by atoms with E-state index in [2.05, 4.69) is 10.2 Å². The second-order valence-corrected chi connectivity index (χ2v) is 5.06. The van der Waals surface area contributed by atoms with E-state index in [1.165, 1.54) is 6.92 Å². The van der Waals surface area contributed by atoms with Crippen molar-refractivity contribution in [1.82, 2.24) is 10.2 Å². The number of nitrogen functional groups attached to an aromatic ring is 1. The first-order valence-corrected chi connectivity index (χ1v) is 6.22. The average Bonchev–Trinajstić information content (AvgIpc) is 2.57. The third kappa shape index (κ3) is 3.72. The van der Waals surface area contributed by atoms with Crippen molar-refractivity contribution >= 4 is 22.7 Å². The number of hydrogen-bond acceptors (Lipinski definition) is 6. The number of anilines is 1. The summed E-state index contributed by atoms with van der Waals surface area (Å²) in [5, 5.41) is 26.1. The van der Waals surface area contributed by atoms with E-state index in [-0.39, 0.29) is 10.9 Å². The minimum atomic E-state index is -1.08. The molecule has 1 aromatic heterocycles. The highest BCUT2D eigenvalue weighted by Crippen LogP contribution is 2.26. The summed E-state index contributed by atoms with van der Waals surface area (Å²) in [6.07, 6.45) is -1.73. The maximum atomic E-state index is 10.7. The Bertz CT molecular complexity index is 375. The normalized spacial score (nSPS) is 14.6. The molecular weight excluding hydrogens is 242 g/mol. The second kappa shape index (κ2) is 6.04. The van der Waals surface area contributed by atoms with Crippen molar-refractivity contribution < 1.29 is 15.0 Å². The number of aryl methyl sites for hydroxylation is 1. The van der Waals surface area contributed by atoms with Gasteiger partial charge in [-0.05, 0) is 13.3 Å². The molecule has 1 rings (SSSR count). The third-order valence-electron chi connectivity index (χ3n) is 2.40. The fourth-order valence-electron chi connectivity index (χ4n) is 1.50. The summed E-state index contributed by atoms with van der Waals surface area (Å²) in [5.41, 5.74) is 6.64. The number of aliphatic hydroxyl groups excluding tert-OH is 2. The topological polar surface area (TPSA) is 112 Å². The van der Waals surface area contributed by atoms with E-state index in [1.54, 1.807) is 6.92 Å². The number of H-pyrrole nitrogens is 1. The summed E-state index contributed by atoms with van der Waals surface area (Å²) >= 11 is 1.12. The number of nitrogens with zero attached hydrogens (tertiary/aromatic N) is 1. The van der Waals surface area contributed by atoms with Crippen LogP contribution in [0.25, 0.3) is 0 Å². The van der Waals surface area contributed by atoms with Crippen LogP contribution in [0.2, 0.25) is 0 Å². The number of aliphatic hydroxyl groups is 2. The lowest BCUT2D eigenvalue weighted by molar-refractivity contribution is -0.109. The predicted molar refractivity (Wildman–Crippen MR) is 66.5 cm³/mol. The molecule has 0 amide bonds. The lowest BCUT2D eigenvalue weighted by atomic mass is 10.0. The van der Waals surface area contributed by atoms with Gasteiger partial charge in [0.05, 0.1) is 6.10 Å². The molecule has 6 nitrogen and oxygen atoms in total. The van der Waals surface area contributed by atoms with E-state index < -0.39 is 12.2 Å². The lowest BCUT2D eigenvalue weighted by Gasteiger charge is -2.17. The van der Waals surface area contributed by atoms with Crippen molar-refractivity contribution in [1.29, 1.82) is 0 Å². The minimum Gasteiger partial charge on any atom is -0.390 e. The highest BCUT2D eigenvalue weighted by atomic mass is 32.2. The molecule has 0 radical (unpaired) electrons. The van der Waals surface area contributed by atoms with Crippen molar-refractivity contribution in [3.05, 3.63) is 11.3 Å². The van der Waals surface area contributed by atoms with Crippen LogP contribution in [0.15, 0.2) is 0 Å². The Balaban J connectivity index is 2.57. The first kappa shape index (κ1) is 14.0. The van der Waals surface area contributed by atoms with Crippen LogP contribution in [0.1, 0.15) is 30.7 Å². The average molecular weight is 259 g/mol. The number of aromatic nitrogens is 2. The summed E-state index contributed by atoms with van der Waals surface area (Å²) < 4.78 is 0. The molecule has 2 atom stereocenters. The van der Waals surface area contributed by atoms with E-state index in [4.69, 9.17) is 5.73 Å². The van der Waals surface area contributed by atoms with Gasteiger partial charge in [-0.2, -0.15) is 5.10 Å². The molecule has 0 aliphatic carbocycles. The van der Waals surface area contributed by atoms with Crippen molar-refractivity contribution in [2.45, 2.75) is 32.5 Å². The standard InChI is InChI=1S/C10H17N3O3S/c1-5-8(10(11)13-12-5)9(16)7(15)3-4-17-6(2)14/h7,9,15-16H,3-4H2,1-2H3,(H3,11,12,13). The smallest absolute Gasteiger partial charge is 0.185 e. The Labute approximate surface area is 104 Å². The highest BCUT2D eigenvalue weighted by Gasteiger charge is 2.24. The molecule has 1 aromatic rings. The second-order valence-electron chi connectivity index (χ2n) is 3.79. The molecule has 7 heteroatoms. The van der Waals surface area contributed by atoms with Crippen LogP contribution < -0.4 is 5.73 Å². The van der Waals surface area contributed by atoms with Crippen LogP contribution in [-0.4, -0.2) is 37.4 Å². The van der Waals surface area contributed by atoms with E-state index in [0.29, 0.717) is 23.4 Å². The van der Waals surface area contributed by atoms with Crippen molar-refractivity contribution in [2.75, 3.05) is 11.5 Å². The van der Waals surface area contributed by atoms with Gasteiger partial charge >= 0.3 is 0 Å². The predicted octanol–water partition coefficient (Wildman–Crippen LogP) is 0.364. The van der Waals surface area contributed by atoms with Gasteiger partial charge in [0.1, 0.15) is 6.10 Å². The largest absolute Gasteiger partial charge is 0.390 e. The Kier molecular flexibility index (Phi) is 4.98. The summed E-state index contributed by atoms with van der Waals surface area (Å²) in [4.78, 5) is 10.7. The molecule has 0 aliphatic heterocycles. The number of nitrogens with two attached hydrogens (primary N) is 1. The lowest BCUT2D eigenvalue weighted by Crippen LogP contribution is -2.20. The molecule has 2 unspecified atom stereocenters. The van der Waals surface area contributed by atoms with E-state index in [1.807, 2.05) is 0 Å². The van der Waals surface area contributed by atoms with Gasteiger partial charge in [0.2, 0.25) is 0 Å². The molecular formula is C10H17N3O3S. The number of nitrogens with one attached hydrogen (secondary N) is 1. The van der Waals surface area contributed by atoms with Gasteiger partial charge in [0.15, 0.2) is 10.9 Å². The van der Waals surface area contributed by atoms with Crippen LogP contribution in [-0.2, 0) is 4.79 Å². The Morgan fingerprint density at radius 3 is 2.71 bits per heavy atom. The molecule has 96 valence electrons. The van der Waals surface area contributed by atoms with Crippen LogP contribution in [0, 0.1) is 6.92 Å². The molecule has 0 fully saturated rings. The van der Waals surface area contributed by atoms with Gasteiger partial charge in [-0.3, -0.25) is 9.89 Å². The molecule has 0 bridgehead atoms. The molecule has 0 spiro atoms. The number of carbonyl (C=O) groups excluding carboxylic acids is 1. The van der Waals surface area contributed by atoms with Crippen LogP contribution in [0.3, 0.4) is 0 Å². The molecule has 0 aliphatic rings. The molecule has 1 heterocycles. The van der Waals surface area contributed by atoms with Gasteiger partial charge in [-0.25, -0.2) is 0 Å². The summed E-state index contributed by atoms with van der Waals surface area (Å²) in [6.45, 7) is 3.19. The Morgan fingerprint density at radius 2 is 2.24 bits per heavy atom. The van der Waals surface area contributed by atoms with Gasteiger partial charge < -0.3 is 15.9 Å². The number of rotatable bonds is 5. The van der Waals surface area contributed by atoms with Crippen molar-refractivity contribution in [3.63, 3.8) is 0 Å². The molecule has 0 saturated carbocycles. The van der Waals surface area contributed by atoms with Gasteiger partial charge in [-0.1, -0.05) is 11.8 Å². The summed E-state index contributed by atoms with van der Waals surface area (Å²) in [5.74, 6) is 0.651. The number of aromatic amines is 1. The minimum absolute atomic E-state index is 0.00862. The Hall–Kier alpha value is -1.05. The van der Waals surface area contributed by atoms with E-state index in [9.17, 15) is 15.0 Å². The third-order valence-corrected chi connectivity index (χ3v) is 3.25. The quantitative estimate of drug-likeness (QED) is 0.607. The summed E-state index contributed by atoms with van der Waals surface area (Å²) in [7, 11) is 0. The SMILES string of the molecule is CC(=O)SCCC(O)C(O)c1c(N)n[nH]c1C. The maximum absolute atomic E-state index is 10.7. The van der Waals surface area contributed by atoms with Crippen LogP contribution in [0.5, 0.6) is 0 Å². The highest BCUT2D eigenvalue weighted by molar-refractivity contribution is 8.13. The molecule has 5 N–H and O–H groups in total. The van der Waals surface area contributed by atoms with E-state index in [0.717, 1.165) is 11.8 Å². The maximum Gasteiger partial charge on any atom is 0.185 e. The zero-order valence-electron chi connectivity index (χ0n) is 9.80. The zero-order chi connectivity index (χ0) is 13.0. The van der Waals surface area contributed by atoms with Crippen LogP contribution in [0.4, 0.5) is 5.82 Å².